The lowest BCUT2D eigenvalue weighted by atomic mass is 10.2. The molecule has 1 aromatic heterocycles. The van der Waals surface area contributed by atoms with Crippen molar-refractivity contribution in [1.29, 1.82) is 0 Å². The number of para-hydroxylation sites is 1. The summed E-state index contributed by atoms with van der Waals surface area (Å²) in [5.74, 6) is 0.445. The standard InChI is InChI=1S/C19H19ClN4O2/c1-2-3-12-24-17(15-6-4-5-7-16(15)22-19(24)26)23-18(25)21-14-10-8-13(20)9-11-14/h4-11H,2-3,12H2,1H3,(H2,21,23,25). The molecule has 0 unspecified atom stereocenters. The van der Waals surface area contributed by atoms with Gasteiger partial charge < -0.3 is 5.32 Å². The van der Waals surface area contributed by atoms with E-state index in [2.05, 4.69) is 15.6 Å². The van der Waals surface area contributed by atoms with Gasteiger partial charge in [0, 0.05) is 22.6 Å². The van der Waals surface area contributed by atoms with Crippen molar-refractivity contribution >= 4 is 40.0 Å². The van der Waals surface area contributed by atoms with Crippen molar-refractivity contribution in [3.63, 3.8) is 0 Å². The molecule has 2 N–H and O–H groups in total. The Kier molecular flexibility index (Phi) is 5.53. The van der Waals surface area contributed by atoms with Crippen LogP contribution in [0.4, 0.5) is 16.3 Å². The third-order valence-electron chi connectivity index (χ3n) is 3.95. The second kappa shape index (κ2) is 8.01. The summed E-state index contributed by atoms with van der Waals surface area (Å²) in [5.41, 5.74) is 0.777. The Hall–Kier alpha value is -2.86. The first-order valence-electron chi connectivity index (χ1n) is 8.41. The molecule has 0 fully saturated rings. The maximum atomic E-state index is 12.5. The average molecular weight is 371 g/mol. The number of hydrogen-bond acceptors (Lipinski definition) is 3. The van der Waals surface area contributed by atoms with Crippen LogP contribution in [0.2, 0.25) is 5.02 Å². The normalized spacial score (nSPS) is 10.7. The quantitative estimate of drug-likeness (QED) is 0.694. The fraction of sp³-hybridized carbons (Fsp3) is 0.211. The summed E-state index contributed by atoms with van der Waals surface area (Å²) in [6.07, 6.45) is 1.74. The van der Waals surface area contributed by atoms with E-state index < -0.39 is 6.03 Å². The van der Waals surface area contributed by atoms with E-state index in [1.54, 1.807) is 30.3 Å². The first kappa shape index (κ1) is 17.9. The molecule has 3 aromatic rings. The van der Waals surface area contributed by atoms with Gasteiger partial charge in [-0.25, -0.2) is 9.59 Å². The van der Waals surface area contributed by atoms with Gasteiger partial charge in [-0.05, 0) is 42.8 Å². The number of amides is 2. The van der Waals surface area contributed by atoms with Gasteiger partial charge in [-0.1, -0.05) is 37.1 Å². The smallest absolute Gasteiger partial charge is 0.308 e. The van der Waals surface area contributed by atoms with Crippen LogP contribution >= 0.6 is 11.6 Å². The molecular formula is C19H19ClN4O2. The van der Waals surface area contributed by atoms with Crippen LogP contribution in [0.15, 0.2) is 53.3 Å². The number of rotatable bonds is 5. The predicted molar refractivity (Wildman–Crippen MR) is 105 cm³/mol. The highest BCUT2D eigenvalue weighted by atomic mass is 35.5. The monoisotopic (exact) mass is 370 g/mol. The van der Waals surface area contributed by atoms with E-state index in [-0.39, 0.29) is 5.69 Å². The number of benzene rings is 2. The number of halogens is 1. The fourth-order valence-electron chi connectivity index (χ4n) is 2.64. The van der Waals surface area contributed by atoms with Crippen molar-refractivity contribution in [3.8, 4) is 0 Å². The molecule has 1 heterocycles. The molecule has 2 aromatic carbocycles. The van der Waals surface area contributed by atoms with E-state index in [0.717, 1.165) is 18.2 Å². The van der Waals surface area contributed by atoms with Crippen molar-refractivity contribution in [2.75, 3.05) is 10.6 Å². The van der Waals surface area contributed by atoms with Gasteiger partial charge in [0.1, 0.15) is 5.82 Å². The maximum Gasteiger partial charge on any atom is 0.349 e. The summed E-state index contributed by atoms with van der Waals surface area (Å²) in [5, 5.41) is 6.85. The molecule has 6 nitrogen and oxygen atoms in total. The van der Waals surface area contributed by atoms with Crippen LogP contribution in [0.5, 0.6) is 0 Å². The lowest BCUT2D eigenvalue weighted by Crippen LogP contribution is -2.29. The molecule has 0 bridgehead atoms. The number of nitrogens with one attached hydrogen (secondary N) is 2. The molecule has 0 saturated carbocycles. The number of urea groups is 1. The van der Waals surface area contributed by atoms with E-state index in [9.17, 15) is 9.59 Å². The molecule has 3 rings (SSSR count). The molecule has 0 atom stereocenters. The van der Waals surface area contributed by atoms with Crippen LogP contribution in [0.3, 0.4) is 0 Å². The zero-order chi connectivity index (χ0) is 18.5. The van der Waals surface area contributed by atoms with Gasteiger partial charge >= 0.3 is 11.7 Å². The van der Waals surface area contributed by atoms with Crippen molar-refractivity contribution in [2.24, 2.45) is 0 Å². The number of nitrogens with zero attached hydrogens (tertiary/aromatic N) is 2. The van der Waals surface area contributed by atoms with Gasteiger partial charge in [0.25, 0.3) is 0 Å². The number of aromatic nitrogens is 2. The highest BCUT2D eigenvalue weighted by Crippen LogP contribution is 2.21. The first-order chi connectivity index (χ1) is 12.6. The Bertz CT molecular complexity index is 983. The molecule has 2 amide bonds. The van der Waals surface area contributed by atoms with Gasteiger partial charge in [0.15, 0.2) is 0 Å². The molecule has 7 heteroatoms. The lowest BCUT2D eigenvalue weighted by Gasteiger charge is -2.16. The minimum absolute atomic E-state index is 0.376. The Morgan fingerprint density at radius 2 is 1.85 bits per heavy atom. The van der Waals surface area contributed by atoms with Gasteiger partial charge in [0.05, 0.1) is 5.52 Å². The van der Waals surface area contributed by atoms with Crippen LogP contribution in [0, 0.1) is 0 Å². The lowest BCUT2D eigenvalue weighted by molar-refractivity contribution is 0.262. The second-order valence-corrected chi connectivity index (χ2v) is 6.29. The average Bonchev–Trinajstić information content (AvgIpc) is 2.63. The molecule has 0 saturated heterocycles. The summed E-state index contributed by atoms with van der Waals surface area (Å²) in [7, 11) is 0. The van der Waals surface area contributed by atoms with Gasteiger partial charge in [0.2, 0.25) is 0 Å². The Morgan fingerprint density at radius 3 is 2.58 bits per heavy atom. The van der Waals surface area contributed by atoms with Crippen LogP contribution in [-0.4, -0.2) is 15.6 Å². The van der Waals surface area contributed by atoms with E-state index in [1.165, 1.54) is 4.57 Å². The van der Waals surface area contributed by atoms with Crippen molar-refractivity contribution in [2.45, 2.75) is 26.3 Å². The number of carbonyl (C=O) groups is 1. The van der Waals surface area contributed by atoms with E-state index >= 15 is 0 Å². The van der Waals surface area contributed by atoms with Gasteiger partial charge in [-0.3, -0.25) is 9.88 Å². The number of carbonyl (C=O) groups excluding carboxylic acids is 1. The summed E-state index contributed by atoms with van der Waals surface area (Å²) >= 11 is 5.86. The minimum Gasteiger partial charge on any atom is -0.308 e. The van der Waals surface area contributed by atoms with Gasteiger partial charge in [-0.2, -0.15) is 4.98 Å². The molecule has 26 heavy (non-hydrogen) atoms. The number of hydrogen-bond donors (Lipinski definition) is 2. The molecule has 0 spiro atoms. The van der Waals surface area contributed by atoms with Crippen LogP contribution in [0.1, 0.15) is 19.8 Å². The summed E-state index contributed by atoms with van der Waals surface area (Å²) in [4.78, 5) is 29.0. The zero-order valence-electron chi connectivity index (χ0n) is 14.3. The SMILES string of the molecule is CCCCn1c(NC(=O)Nc2ccc(Cl)cc2)c2ccccc2nc1=O. The van der Waals surface area contributed by atoms with E-state index in [4.69, 9.17) is 11.6 Å². The van der Waals surface area contributed by atoms with Gasteiger partial charge in [-0.15, -0.1) is 0 Å². The zero-order valence-corrected chi connectivity index (χ0v) is 15.1. The second-order valence-electron chi connectivity index (χ2n) is 5.85. The highest BCUT2D eigenvalue weighted by molar-refractivity contribution is 6.30. The number of unbranched alkanes of at least 4 members (excludes halogenated alkanes) is 1. The molecular weight excluding hydrogens is 352 g/mol. The third-order valence-corrected chi connectivity index (χ3v) is 4.20. The fourth-order valence-corrected chi connectivity index (χ4v) is 2.76. The van der Waals surface area contributed by atoms with E-state index in [1.807, 2.05) is 25.1 Å². The Morgan fingerprint density at radius 1 is 1.12 bits per heavy atom. The maximum absolute atomic E-state index is 12.5. The summed E-state index contributed by atoms with van der Waals surface area (Å²) in [6.45, 7) is 2.53. The van der Waals surface area contributed by atoms with Crippen molar-refractivity contribution in [1.82, 2.24) is 9.55 Å². The molecule has 0 aliphatic rings. The number of anilines is 2. The molecule has 0 aliphatic heterocycles. The Balaban J connectivity index is 1.95. The third kappa shape index (κ3) is 4.03. The summed E-state index contributed by atoms with van der Waals surface area (Å²) in [6, 6.07) is 13.6. The Labute approximate surface area is 155 Å². The van der Waals surface area contributed by atoms with Crippen molar-refractivity contribution < 1.29 is 4.79 Å². The van der Waals surface area contributed by atoms with Crippen molar-refractivity contribution in [3.05, 3.63) is 64.0 Å². The first-order valence-corrected chi connectivity index (χ1v) is 8.79. The van der Waals surface area contributed by atoms with Crippen LogP contribution in [0.25, 0.3) is 10.9 Å². The number of fused-ring (bicyclic) bond motifs is 1. The summed E-state index contributed by atoms with van der Waals surface area (Å²) < 4.78 is 1.51. The van der Waals surface area contributed by atoms with E-state index in [0.29, 0.717) is 28.6 Å². The molecule has 0 radical (unpaired) electrons. The van der Waals surface area contributed by atoms with Crippen LogP contribution < -0.4 is 16.3 Å². The molecule has 0 aliphatic carbocycles. The largest absolute Gasteiger partial charge is 0.349 e. The predicted octanol–water partition coefficient (Wildman–Crippen LogP) is 4.49. The highest BCUT2D eigenvalue weighted by Gasteiger charge is 2.14. The molecule has 134 valence electrons. The van der Waals surface area contributed by atoms with Crippen LogP contribution in [-0.2, 0) is 6.54 Å². The minimum atomic E-state index is -0.437. The topological polar surface area (TPSA) is 76.0 Å².